The number of nitrogens with one attached hydrogen (secondary N) is 3. The number of hydrogen-bond donors (Lipinski definition) is 3. The molecule has 30 heavy (non-hydrogen) atoms. The highest BCUT2D eigenvalue weighted by molar-refractivity contribution is 14.0. The van der Waals surface area contributed by atoms with Gasteiger partial charge in [-0.2, -0.15) is 0 Å². The van der Waals surface area contributed by atoms with Crippen LogP contribution in [0.4, 0.5) is 0 Å². The zero-order chi connectivity index (χ0) is 20.5. The molecule has 2 aromatic carbocycles. The van der Waals surface area contributed by atoms with Gasteiger partial charge in [0.15, 0.2) is 5.96 Å². The maximum absolute atomic E-state index is 11.9. The zero-order valence-corrected chi connectivity index (χ0v) is 20.2. The molecule has 1 saturated carbocycles. The highest BCUT2D eigenvalue weighted by Crippen LogP contribution is 2.43. The van der Waals surface area contributed by atoms with Gasteiger partial charge in [0.1, 0.15) is 0 Å². The lowest BCUT2D eigenvalue weighted by Crippen LogP contribution is -2.48. The van der Waals surface area contributed by atoms with Crippen LogP contribution in [0.1, 0.15) is 54.6 Å². The second-order valence-electron chi connectivity index (χ2n) is 7.61. The predicted octanol–water partition coefficient (Wildman–Crippen LogP) is 4.23. The largest absolute Gasteiger partial charge is 0.357 e. The molecule has 0 atom stereocenters. The van der Waals surface area contributed by atoms with Crippen molar-refractivity contribution in [2.45, 2.75) is 45.1 Å². The number of halogens is 1. The molecule has 0 heterocycles. The molecule has 1 fully saturated rings. The first-order valence-corrected chi connectivity index (χ1v) is 10.6. The van der Waals surface area contributed by atoms with Crippen molar-refractivity contribution in [2.75, 3.05) is 19.6 Å². The lowest BCUT2D eigenvalue weighted by Gasteiger charge is -2.43. The van der Waals surface area contributed by atoms with E-state index < -0.39 is 0 Å². The van der Waals surface area contributed by atoms with Crippen molar-refractivity contribution in [3.63, 3.8) is 0 Å². The van der Waals surface area contributed by atoms with Crippen LogP contribution in [-0.4, -0.2) is 31.5 Å². The Hall–Kier alpha value is -2.09. The van der Waals surface area contributed by atoms with Gasteiger partial charge in [-0.15, -0.1) is 24.0 Å². The van der Waals surface area contributed by atoms with Crippen molar-refractivity contribution in [1.29, 1.82) is 0 Å². The summed E-state index contributed by atoms with van der Waals surface area (Å²) in [6.45, 7) is 6.91. The maximum Gasteiger partial charge on any atom is 0.251 e. The molecule has 1 aliphatic rings. The van der Waals surface area contributed by atoms with Crippen LogP contribution >= 0.6 is 24.0 Å². The topological polar surface area (TPSA) is 65.5 Å². The molecular formula is C24H33IN4O. The molecule has 0 saturated heterocycles. The third-order valence-corrected chi connectivity index (χ3v) is 5.61. The van der Waals surface area contributed by atoms with Gasteiger partial charge < -0.3 is 16.0 Å². The van der Waals surface area contributed by atoms with Gasteiger partial charge in [-0.1, -0.05) is 48.9 Å². The van der Waals surface area contributed by atoms with Crippen LogP contribution in [0, 0.1) is 0 Å². The van der Waals surface area contributed by atoms with Gasteiger partial charge in [-0.25, -0.2) is 4.99 Å². The highest BCUT2D eigenvalue weighted by atomic mass is 127. The monoisotopic (exact) mass is 520 g/mol. The van der Waals surface area contributed by atoms with E-state index in [9.17, 15) is 4.79 Å². The van der Waals surface area contributed by atoms with Crippen molar-refractivity contribution >= 4 is 35.8 Å². The van der Waals surface area contributed by atoms with Crippen molar-refractivity contribution < 1.29 is 4.79 Å². The second-order valence-corrected chi connectivity index (χ2v) is 7.61. The van der Waals surface area contributed by atoms with Gasteiger partial charge in [-0.05, 0) is 49.9 Å². The minimum Gasteiger partial charge on any atom is -0.357 e. The maximum atomic E-state index is 11.9. The minimum atomic E-state index is -0.0377. The van der Waals surface area contributed by atoms with Crippen molar-refractivity contribution in [2.24, 2.45) is 4.99 Å². The molecule has 0 unspecified atom stereocenters. The fraction of sp³-hybridized carbons (Fsp3) is 0.417. The first-order valence-electron chi connectivity index (χ1n) is 10.6. The number of guanidine groups is 1. The van der Waals surface area contributed by atoms with E-state index in [2.05, 4.69) is 53.2 Å². The molecular weight excluding hydrogens is 487 g/mol. The smallest absolute Gasteiger partial charge is 0.251 e. The van der Waals surface area contributed by atoms with E-state index in [0.717, 1.165) is 24.6 Å². The molecule has 1 aliphatic carbocycles. The Bertz CT molecular complexity index is 817. The number of nitrogens with zero attached hydrogens (tertiary/aromatic N) is 1. The number of carbonyl (C=O) groups excluding carboxylic acids is 1. The van der Waals surface area contributed by atoms with E-state index in [1.54, 1.807) is 0 Å². The number of benzene rings is 2. The van der Waals surface area contributed by atoms with Crippen molar-refractivity contribution in [3.8, 4) is 0 Å². The third kappa shape index (κ3) is 6.20. The SMILES string of the molecule is CCNC(=O)c1ccc(CN=C(NCC)NCC2(c3ccccc3)CCC2)cc1.I. The summed E-state index contributed by atoms with van der Waals surface area (Å²) in [6.07, 6.45) is 3.71. The third-order valence-electron chi connectivity index (χ3n) is 5.61. The van der Waals surface area contributed by atoms with Crippen molar-refractivity contribution in [3.05, 3.63) is 71.3 Å². The Balaban J connectivity index is 0.00000320. The Morgan fingerprint density at radius 2 is 1.60 bits per heavy atom. The second kappa shape index (κ2) is 11.9. The lowest BCUT2D eigenvalue weighted by molar-refractivity contribution is 0.0956. The summed E-state index contributed by atoms with van der Waals surface area (Å²) in [5, 5.41) is 9.72. The average molecular weight is 520 g/mol. The Morgan fingerprint density at radius 3 is 2.17 bits per heavy atom. The van der Waals surface area contributed by atoms with Crippen LogP contribution in [-0.2, 0) is 12.0 Å². The first kappa shape index (κ1) is 24.2. The molecule has 0 aliphatic heterocycles. The van der Waals surface area contributed by atoms with Crippen LogP contribution in [0.25, 0.3) is 0 Å². The van der Waals surface area contributed by atoms with Gasteiger partial charge in [0.25, 0.3) is 5.91 Å². The predicted molar refractivity (Wildman–Crippen MR) is 135 cm³/mol. The van der Waals surface area contributed by atoms with Gasteiger partial charge >= 0.3 is 0 Å². The van der Waals surface area contributed by atoms with Gasteiger partial charge in [0.05, 0.1) is 6.54 Å². The summed E-state index contributed by atoms with van der Waals surface area (Å²) in [7, 11) is 0. The van der Waals surface area contributed by atoms with Crippen LogP contribution in [0.15, 0.2) is 59.6 Å². The van der Waals surface area contributed by atoms with Crippen molar-refractivity contribution in [1.82, 2.24) is 16.0 Å². The van der Waals surface area contributed by atoms with Gasteiger partial charge in [-0.3, -0.25) is 4.79 Å². The number of aliphatic imine (C=N–C) groups is 1. The fourth-order valence-electron chi connectivity index (χ4n) is 3.75. The number of carbonyl (C=O) groups is 1. The molecule has 3 rings (SSSR count). The van der Waals surface area contributed by atoms with E-state index in [1.807, 2.05) is 31.2 Å². The summed E-state index contributed by atoms with van der Waals surface area (Å²) in [5.41, 5.74) is 3.39. The number of amides is 1. The molecule has 3 N–H and O–H groups in total. The summed E-state index contributed by atoms with van der Waals surface area (Å²) >= 11 is 0. The molecule has 162 valence electrons. The highest BCUT2D eigenvalue weighted by Gasteiger charge is 2.38. The van der Waals surface area contributed by atoms with Crippen LogP contribution < -0.4 is 16.0 Å². The van der Waals surface area contributed by atoms with Gasteiger partial charge in [0.2, 0.25) is 0 Å². The molecule has 1 amide bonds. The average Bonchev–Trinajstić information content (AvgIpc) is 2.72. The van der Waals surface area contributed by atoms with E-state index in [4.69, 9.17) is 4.99 Å². The summed E-state index contributed by atoms with van der Waals surface area (Å²) in [4.78, 5) is 16.6. The van der Waals surface area contributed by atoms with Gasteiger partial charge in [0, 0.05) is 30.6 Å². The zero-order valence-electron chi connectivity index (χ0n) is 17.9. The molecule has 2 aromatic rings. The fourth-order valence-corrected chi connectivity index (χ4v) is 3.75. The molecule has 0 spiro atoms. The lowest BCUT2D eigenvalue weighted by atomic mass is 9.64. The summed E-state index contributed by atoms with van der Waals surface area (Å²) in [6, 6.07) is 18.4. The van der Waals surface area contributed by atoms with Crippen LogP contribution in [0.5, 0.6) is 0 Å². The standard InChI is InChI=1S/C24H32N4O.HI/c1-3-25-22(29)20-13-11-19(12-14-20)17-27-23(26-4-2)28-18-24(15-8-16-24)21-9-6-5-7-10-21;/h5-7,9-14H,3-4,8,15-18H2,1-2H3,(H,25,29)(H2,26,27,28);1H. The summed E-state index contributed by atoms with van der Waals surface area (Å²) in [5.74, 6) is 0.798. The number of hydrogen-bond acceptors (Lipinski definition) is 2. The first-order chi connectivity index (χ1) is 14.2. The Kier molecular flexibility index (Phi) is 9.62. The normalized spacial score (nSPS) is 14.8. The quantitative estimate of drug-likeness (QED) is 0.277. The van der Waals surface area contributed by atoms with E-state index in [-0.39, 0.29) is 35.3 Å². The number of rotatable bonds is 8. The minimum absolute atomic E-state index is 0. The van der Waals surface area contributed by atoms with Crippen LogP contribution in [0.2, 0.25) is 0 Å². The Labute approximate surface area is 197 Å². The van der Waals surface area contributed by atoms with E-state index in [0.29, 0.717) is 18.7 Å². The molecule has 0 bridgehead atoms. The molecule has 0 radical (unpaired) electrons. The Morgan fingerprint density at radius 1 is 0.933 bits per heavy atom. The molecule has 6 heteroatoms. The van der Waals surface area contributed by atoms with E-state index in [1.165, 1.54) is 24.8 Å². The molecule has 5 nitrogen and oxygen atoms in total. The van der Waals surface area contributed by atoms with Crippen LogP contribution in [0.3, 0.4) is 0 Å². The summed E-state index contributed by atoms with van der Waals surface area (Å²) < 4.78 is 0. The molecule has 0 aromatic heterocycles. The van der Waals surface area contributed by atoms with E-state index >= 15 is 0 Å².